The first-order valence-electron chi connectivity index (χ1n) is 8.50. The van der Waals surface area contributed by atoms with Crippen LogP contribution in [0.1, 0.15) is 23.7 Å². The number of methoxy groups -OCH3 is 1. The highest BCUT2D eigenvalue weighted by molar-refractivity contribution is 6.04. The standard InChI is InChI=1S/C20H20N2O5/c1-13-9-19(24)21-16-5-3-4-6-17(16)22(13)20(25)12-27-18-8-7-15(26-2)10-14(18)11-23/h3-8,10-11,13H,9,12H2,1-2H3,(H,21,24)/t13-/m0/s1. The molecule has 0 unspecified atom stereocenters. The summed E-state index contributed by atoms with van der Waals surface area (Å²) in [5.41, 5.74) is 1.50. The number of nitrogens with zero attached hydrogens (tertiary/aromatic N) is 1. The Morgan fingerprint density at radius 2 is 2.07 bits per heavy atom. The van der Waals surface area contributed by atoms with Gasteiger partial charge in [-0.3, -0.25) is 14.4 Å². The van der Waals surface area contributed by atoms with Gasteiger partial charge in [-0.2, -0.15) is 0 Å². The summed E-state index contributed by atoms with van der Waals surface area (Å²) >= 11 is 0. The van der Waals surface area contributed by atoms with Gasteiger partial charge in [0.15, 0.2) is 12.9 Å². The van der Waals surface area contributed by atoms with Gasteiger partial charge in [0.25, 0.3) is 5.91 Å². The number of fused-ring (bicyclic) bond motifs is 1. The third-order valence-corrected chi connectivity index (χ3v) is 4.32. The molecule has 2 aromatic rings. The van der Waals surface area contributed by atoms with E-state index >= 15 is 0 Å². The van der Waals surface area contributed by atoms with Crippen LogP contribution in [-0.2, 0) is 9.59 Å². The number of carbonyl (C=O) groups excluding carboxylic acids is 3. The van der Waals surface area contributed by atoms with E-state index in [9.17, 15) is 14.4 Å². The fourth-order valence-corrected chi connectivity index (χ4v) is 3.05. The largest absolute Gasteiger partial charge is 0.497 e. The summed E-state index contributed by atoms with van der Waals surface area (Å²) in [6, 6.07) is 11.6. The molecule has 0 aromatic heterocycles. The molecule has 27 heavy (non-hydrogen) atoms. The van der Waals surface area contributed by atoms with E-state index in [1.807, 2.05) is 6.92 Å². The minimum Gasteiger partial charge on any atom is -0.497 e. The topological polar surface area (TPSA) is 84.9 Å². The molecule has 140 valence electrons. The maximum atomic E-state index is 12.9. The summed E-state index contributed by atoms with van der Waals surface area (Å²) in [4.78, 5) is 37.7. The van der Waals surface area contributed by atoms with Gasteiger partial charge in [0.05, 0.1) is 24.0 Å². The van der Waals surface area contributed by atoms with Crippen molar-refractivity contribution in [2.45, 2.75) is 19.4 Å². The third-order valence-electron chi connectivity index (χ3n) is 4.32. The molecule has 1 aliphatic rings. The van der Waals surface area contributed by atoms with E-state index in [1.54, 1.807) is 47.4 Å². The highest BCUT2D eigenvalue weighted by Gasteiger charge is 2.29. The molecular formula is C20H20N2O5. The van der Waals surface area contributed by atoms with Crippen molar-refractivity contribution in [3.05, 3.63) is 48.0 Å². The summed E-state index contributed by atoms with van der Waals surface area (Å²) in [6.45, 7) is 1.55. The lowest BCUT2D eigenvalue weighted by Crippen LogP contribution is -2.41. The van der Waals surface area contributed by atoms with Gasteiger partial charge in [-0.25, -0.2) is 0 Å². The van der Waals surface area contributed by atoms with Gasteiger partial charge in [0, 0.05) is 12.5 Å². The first-order valence-corrected chi connectivity index (χ1v) is 8.50. The number of para-hydroxylation sites is 2. The lowest BCUT2D eigenvalue weighted by atomic mass is 10.1. The van der Waals surface area contributed by atoms with Crippen molar-refractivity contribution in [3.8, 4) is 11.5 Å². The molecule has 7 heteroatoms. The Morgan fingerprint density at radius 3 is 2.81 bits per heavy atom. The van der Waals surface area contributed by atoms with Crippen LogP contribution in [0.2, 0.25) is 0 Å². The van der Waals surface area contributed by atoms with Crippen LogP contribution < -0.4 is 19.7 Å². The second kappa shape index (κ2) is 7.90. The molecule has 1 atom stereocenters. The Kier molecular flexibility index (Phi) is 5.40. The van der Waals surface area contributed by atoms with Gasteiger partial charge in [0.2, 0.25) is 5.91 Å². The molecule has 0 saturated heterocycles. The van der Waals surface area contributed by atoms with Crippen LogP contribution in [-0.4, -0.2) is 37.9 Å². The number of nitrogens with one attached hydrogen (secondary N) is 1. The highest BCUT2D eigenvalue weighted by Crippen LogP contribution is 2.31. The number of amides is 2. The zero-order chi connectivity index (χ0) is 19.4. The smallest absolute Gasteiger partial charge is 0.265 e. The average Bonchev–Trinajstić information content (AvgIpc) is 2.80. The molecule has 3 rings (SSSR count). The zero-order valence-electron chi connectivity index (χ0n) is 15.1. The lowest BCUT2D eigenvalue weighted by Gasteiger charge is -2.27. The van der Waals surface area contributed by atoms with E-state index < -0.39 is 0 Å². The molecule has 0 spiro atoms. The SMILES string of the molecule is COc1ccc(OCC(=O)N2c3ccccc3NC(=O)C[C@@H]2C)c(C=O)c1. The van der Waals surface area contributed by atoms with E-state index in [2.05, 4.69) is 5.32 Å². The van der Waals surface area contributed by atoms with Gasteiger partial charge in [-0.15, -0.1) is 0 Å². The van der Waals surface area contributed by atoms with E-state index in [-0.39, 0.29) is 30.9 Å². The monoisotopic (exact) mass is 368 g/mol. The minimum atomic E-state index is -0.328. The van der Waals surface area contributed by atoms with Crippen LogP contribution in [0.25, 0.3) is 0 Å². The molecule has 0 fully saturated rings. The molecule has 2 aromatic carbocycles. The van der Waals surface area contributed by atoms with Gasteiger partial charge >= 0.3 is 0 Å². The fraction of sp³-hybridized carbons (Fsp3) is 0.250. The van der Waals surface area contributed by atoms with Crippen LogP contribution in [0.5, 0.6) is 11.5 Å². The number of aldehydes is 1. The highest BCUT2D eigenvalue weighted by atomic mass is 16.5. The van der Waals surface area contributed by atoms with Crippen molar-refractivity contribution in [2.75, 3.05) is 23.9 Å². The second-order valence-electron chi connectivity index (χ2n) is 6.19. The van der Waals surface area contributed by atoms with Gasteiger partial charge in [0.1, 0.15) is 11.5 Å². The average molecular weight is 368 g/mol. The molecule has 0 bridgehead atoms. The predicted octanol–water partition coefficient (Wildman–Crippen LogP) is 2.65. The Morgan fingerprint density at radius 1 is 1.30 bits per heavy atom. The Balaban J connectivity index is 1.81. The summed E-state index contributed by atoms with van der Waals surface area (Å²) < 4.78 is 10.7. The number of hydrogen-bond acceptors (Lipinski definition) is 5. The number of hydrogen-bond donors (Lipinski definition) is 1. The van der Waals surface area contributed by atoms with Crippen LogP contribution in [0.15, 0.2) is 42.5 Å². The van der Waals surface area contributed by atoms with E-state index in [4.69, 9.17) is 9.47 Å². The quantitative estimate of drug-likeness (QED) is 0.820. The minimum absolute atomic E-state index is 0.149. The van der Waals surface area contributed by atoms with Crippen molar-refractivity contribution < 1.29 is 23.9 Å². The van der Waals surface area contributed by atoms with E-state index in [0.29, 0.717) is 34.7 Å². The molecule has 1 heterocycles. The van der Waals surface area contributed by atoms with Crippen LogP contribution in [0, 0.1) is 0 Å². The number of rotatable bonds is 5. The van der Waals surface area contributed by atoms with Gasteiger partial charge in [-0.1, -0.05) is 12.1 Å². The summed E-state index contributed by atoms with van der Waals surface area (Å²) in [6.07, 6.45) is 0.831. The summed E-state index contributed by atoms with van der Waals surface area (Å²) in [7, 11) is 1.50. The molecule has 0 radical (unpaired) electrons. The number of ether oxygens (including phenoxy) is 2. The van der Waals surface area contributed by atoms with Crippen molar-refractivity contribution in [3.63, 3.8) is 0 Å². The maximum absolute atomic E-state index is 12.9. The van der Waals surface area contributed by atoms with Gasteiger partial charge in [-0.05, 0) is 37.3 Å². The van der Waals surface area contributed by atoms with Crippen molar-refractivity contribution >= 4 is 29.5 Å². The predicted molar refractivity (Wildman–Crippen MR) is 101 cm³/mol. The first kappa shape index (κ1) is 18.4. The van der Waals surface area contributed by atoms with E-state index in [1.165, 1.54) is 7.11 Å². The van der Waals surface area contributed by atoms with Crippen molar-refractivity contribution in [1.29, 1.82) is 0 Å². The second-order valence-corrected chi connectivity index (χ2v) is 6.19. The maximum Gasteiger partial charge on any atom is 0.265 e. The molecule has 0 aliphatic carbocycles. The molecule has 1 aliphatic heterocycles. The Bertz CT molecular complexity index is 880. The van der Waals surface area contributed by atoms with Crippen molar-refractivity contribution in [2.24, 2.45) is 0 Å². The van der Waals surface area contributed by atoms with Gasteiger partial charge < -0.3 is 19.7 Å². The zero-order valence-corrected chi connectivity index (χ0v) is 15.1. The third kappa shape index (κ3) is 3.92. The van der Waals surface area contributed by atoms with E-state index in [0.717, 1.165) is 0 Å². The Labute approximate surface area is 156 Å². The lowest BCUT2D eigenvalue weighted by molar-refractivity contribution is -0.121. The Hall–Kier alpha value is -3.35. The summed E-state index contributed by atoms with van der Waals surface area (Å²) in [5, 5.41) is 2.81. The number of benzene rings is 2. The fourth-order valence-electron chi connectivity index (χ4n) is 3.05. The van der Waals surface area contributed by atoms with Crippen LogP contribution in [0.4, 0.5) is 11.4 Å². The normalized spacial score (nSPS) is 16.0. The first-order chi connectivity index (χ1) is 13.0. The molecule has 7 nitrogen and oxygen atoms in total. The molecule has 0 saturated carbocycles. The molecule has 1 N–H and O–H groups in total. The van der Waals surface area contributed by atoms with Crippen molar-refractivity contribution in [1.82, 2.24) is 0 Å². The number of anilines is 2. The summed E-state index contributed by atoms with van der Waals surface area (Å²) in [5.74, 6) is 0.364. The molecular weight excluding hydrogens is 348 g/mol. The number of carbonyl (C=O) groups is 3. The van der Waals surface area contributed by atoms with Crippen LogP contribution in [0.3, 0.4) is 0 Å². The molecule has 2 amide bonds. The van der Waals surface area contributed by atoms with Crippen LogP contribution >= 0.6 is 0 Å².